The van der Waals surface area contributed by atoms with Gasteiger partial charge in [0.2, 0.25) is 5.91 Å². The second kappa shape index (κ2) is 29.0. The third-order valence-electron chi connectivity index (χ3n) is 12.3. The Labute approximate surface area is 398 Å². The summed E-state index contributed by atoms with van der Waals surface area (Å²) in [6.45, 7) is 3.90. The maximum atomic E-state index is 13.8. The molecule has 18 atom stereocenters. The van der Waals surface area contributed by atoms with Crippen LogP contribution in [0.5, 0.6) is 0 Å². The van der Waals surface area contributed by atoms with Gasteiger partial charge in [-0.15, -0.1) is 0 Å². The lowest BCUT2D eigenvalue weighted by Crippen LogP contribution is -2.60. The van der Waals surface area contributed by atoms with Crippen LogP contribution in [-0.4, -0.2) is 180 Å². The molecule has 3 fully saturated rings. The van der Waals surface area contributed by atoms with Crippen LogP contribution >= 0.6 is 0 Å². The van der Waals surface area contributed by atoms with Gasteiger partial charge in [0, 0.05) is 44.6 Å². The highest BCUT2D eigenvalue weighted by molar-refractivity contribution is 5.80. The fourth-order valence-electron chi connectivity index (χ4n) is 8.46. The number of ether oxygens (including phenoxy) is 5. The number of hydrogen-bond donors (Lipinski definition) is 12. The highest BCUT2D eigenvalue weighted by atomic mass is 16.7. The number of rotatable bonds is 4. The Hall–Kier alpha value is -3.48. The molecule has 4 aliphatic rings. The van der Waals surface area contributed by atoms with E-state index in [-0.39, 0.29) is 57.3 Å². The zero-order chi connectivity index (χ0) is 49.8. The third kappa shape index (κ3) is 19.7. The molecule has 13 N–H and O–H groups in total. The van der Waals surface area contributed by atoms with Gasteiger partial charge < -0.3 is 85.8 Å². The van der Waals surface area contributed by atoms with Crippen molar-refractivity contribution >= 4 is 11.9 Å². The van der Waals surface area contributed by atoms with Crippen LogP contribution < -0.4 is 11.1 Å². The molecule has 4 aliphatic heterocycles. The number of carbonyl (C=O) groups excluding carboxylic acids is 2. The molecule has 8 unspecified atom stereocenters. The van der Waals surface area contributed by atoms with Gasteiger partial charge in [-0.1, -0.05) is 92.0 Å². The van der Waals surface area contributed by atoms with E-state index in [9.17, 15) is 60.7 Å². The number of carbonyl (C=O) groups is 2. The van der Waals surface area contributed by atoms with E-state index < -0.39 is 135 Å². The number of esters is 1. The number of fused-ring (bicyclic) bond motifs is 2. The first kappa shape index (κ1) is 57.1. The minimum Gasteiger partial charge on any atom is -0.462 e. The predicted molar refractivity (Wildman–Crippen MR) is 248 cm³/mol. The van der Waals surface area contributed by atoms with Crippen LogP contribution in [0, 0.1) is 11.8 Å². The van der Waals surface area contributed by atoms with Gasteiger partial charge in [0.05, 0.1) is 98.7 Å². The Bertz CT molecular complexity index is 1730. The van der Waals surface area contributed by atoms with Crippen LogP contribution in [0.2, 0.25) is 0 Å². The van der Waals surface area contributed by atoms with Crippen molar-refractivity contribution in [2.24, 2.45) is 17.6 Å². The van der Waals surface area contributed by atoms with Crippen LogP contribution in [0.15, 0.2) is 85.1 Å². The first-order valence-corrected chi connectivity index (χ1v) is 23.6. The highest BCUT2D eigenvalue weighted by Crippen LogP contribution is 2.38. The van der Waals surface area contributed by atoms with E-state index in [0.717, 1.165) is 0 Å². The van der Waals surface area contributed by atoms with Crippen LogP contribution in [0.3, 0.4) is 0 Å². The minimum absolute atomic E-state index is 0.0894. The van der Waals surface area contributed by atoms with Crippen molar-refractivity contribution in [3.05, 3.63) is 85.1 Å². The highest BCUT2D eigenvalue weighted by Gasteiger charge is 2.51. The molecule has 2 bridgehead atoms. The molecule has 4 heterocycles. The molecular weight excluding hydrogens is 889 g/mol. The Morgan fingerprint density at radius 1 is 0.691 bits per heavy atom. The quantitative estimate of drug-likeness (QED) is 0.164. The second-order valence-corrected chi connectivity index (χ2v) is 18.4. The van der Waals surface area contributed by atoms with Crippen LogP contribution in [0.25, 0.3) is 0 Å². The van der Waals surface area contributed by atoms with Gasteiger partial charge in [-0.25, -0.2) is 0 Å². The first-order chi connectivity index (χ1) is 32.3. The van der Waals surface area contributed by atoms with Crippen molar-refractivity contribution < 1.29 is 84.3 Å². The molecule has 4 rings (SSSR count). The number of allylic oxidation sites excluding steroid dienone is 12. The zero-order valence-electron chi connectivity index (χ0n) is 39.0. The van der Waals surface area contributed by atoms with Crippen molar-refractivity contribution in [1.29, 1.82) is 0 Å². The topological polar surface area (TPSA) is 321 Å². The van der Waals surface area contributed by atoms with E-state index in [1.165, 1.54) is 0 Å². The van der Waals surface area contributed by atoms with Gasteiger partial charge >= 0.3 is 5.97 Å². The molecule has 19 nitrogen and oxygen atoms in total. The van der Waals surface area contributed by atoms with E-state index >= 15 is 0 Å². The van der Waals surface area contributed by atoms with Crippen molar-refractivity contribution in [3.63, 3.8) is 0 Å². The first-order valence-electron chi connectivity index (χ1n) is 23.6. The van der Waals surface area contributed by atoms with Crippen molar-refractivity contribution in [2.45, 2.75) is 175 Å². The number of nitrogens with one attached hydrogen (secondary N) is 1. The molecule has 68 heavy (non-hydrogen) atoms. The van der Waals surface area contributed by atoms with Crippen molar-refractivity contribution in [1.82, 2.24) is 5.32 Å². The summed E-state index contributed by atoms with van der Waals surface area (Å²) in [7, 11) is 0. The van der Waals surface area contributed by atoms with Crippen LogP contribution in [0.1, 0.15) is 78.1 Å². The van der Waals surface area contributed by atoms with Gasteiger partial charge in [0.1, 0.15) is 12.2 Å². The van der Waals surface area contributed by atoms with Gasteiger partial charge in [-0.2, -0.15) is 0 Å². The number of amides is 1. The SMILES string of the molecule is C[C@H]1C[C@H](O)[C@@H](C)/C=C/C=C/C=C/C=C/C=C/C=C/C=C/C(O[C@@H]2OC[C@@H](O)[C@H](N)[C@@H]2O)C[C@@H]2OC(O)(CC(O)CC(O)C(O)CCC(O)CC(O)CC(=O)O1)C[C@H](O)[C@H]2C(=O)NC1CCOC1. The molecule has 0 aromatic rings. The Kier molecular flexibility index (Phi) is 24.4. The predicted octanol–water partition coefficient (Wildman–Crippen LogP) is -0.102. The summed E-state index contributed by atoms with van der Waals surface area (Å²) in [5.41, 5.74) is 6.01. The second-order valence-electron chi connectivity index (χ2n) is 18.4. The largest absolute Gasteiger partial charge is 0.462 e. The molecular formula is C49H76N2O17. The van der Waals surface area contributed by atoms with E-state index in [1.54, 1.807) is 61.6 Å². The van der Waals surface area contributed by atoms with Crippen LogP contribution in [0.4, 0.5) is 0 Å². The molecule has 0 radical (unpaired) electrons. The van der Waals surface area contributed by atoms with E-state index in [1.807, 2.05) is 37.3 Å². The molecule has 0 spiro atoms. The summed E-state index contributed by atoms with van der Waals surface area (Å²) in [4.78, 5) is 26.4. The Morgan fingerprint density at radius 3 is 1.96 bits per heavy atom. The summed E-state index contributed by atoms with van der Waals surface area (Å²) in [6, 6.07) is -1.45. The summed E-state index contributed by atoms with van der Waals surface area (Å²) in [6.07, 6.45) is 6.52. The smallest absolute Gasteiger partial charge is 0.308 e. The fraction of sp³-hybridized carbons (Fsp3) is 0.673. The average molecular weight is 965 g/mol. The molecule has 0 aliphatic carbocycles. The van der Waals surface area contributed by atoms with Gasteiger partial charge in [-0.3, -0.25) is 9.59 Å². The summed E-state index contributed by atoms with van der Waals surface area (Å²) in [5, 5.41) is 112. The monoisotopic (exact) mass is 965 g/mol. The standard InChI is InChI=1S/C49H76N2O17/c1-30-15-13-11-9-7-5-3-4-6-8-10-12-14-16-36(67-48-46(61)45(50)41(59)29-65-48)25-42-44(47(62)51-32-19-20-64-28-32)40(58)27-49(63,68-42)26-35(54)23-39(57)37(55)18-17-33(52)22-34(53)24-43(60)66-31(2)21-38(30)56/h3-16,30-42,44-46,48,52-59,61,63H,17-29,50H2,1-2H3,(H,51,62)/b4-3+,7-5+,8-6+,11-9+,12-10+,15-13+,16-14+/t30-,31-,32?,33?,34?,35?,36?,37?,38-,39?,40-,41+,42-,44+,45-,46-,48-,49?/m0/s1. The summed E-state index contributed by atoms with van der Waals surface area (Å²) >= 11 is 0. The Balaban J connectivity index is 1.57. The lowest BCUT2D eigenvalue weighted by atomic mass is 9.82. The maximum Gasteiger partial charge on any atom is 0.308 e. The van der Waals surface area contributed by atoms with E-state index in [4.69, 9.17) is 29.4 Å². The molecule has 0 aromatic carbocycles. The molecule has 1 amide bonds. The van der Waals surface area contributed by atoms with E-state index in [2.05, 4.69) is 5.32 Å². The maximum absolute atomic E-state index is 13.8. The number of nitrogens with two attached hydrogens (primary N) is 1. The normalized spacial score (nSPS) is 44.0. The summed E-state index contributed by atoms with van der Waals surface area (Å²) < 4.78 is 28.8. The fourth-order valence-corrected chi connectivity index (χ4v) is 8.46. The number of hydrogen-bond acceptors (Lipinski definition) is 18. The molecule has 3 saturated heterocycles. The molecule has 19 heteroatoms. The van der Waals surface area contributed by atoms with Crippen molar-refractivity contribution in [2.75, 3.05) is 19.8 Å². The number of cyclic esters (lactones) is 1. The summed E-state index contributed by atoms with van der Waals surface area (Å²) in [5.74, 6) is -5.09. The molecule has 0 aromatic heterocycles. The van der Waals surface area contributed by atoms with Crippen molar-refractivity contribution in [3.8, 4) is 0 Å². The Morgan fingerprint density at radius 2 is 1.32 bits per heavy atom. The van der Waals surface area contributed by atoms with Gasteiger partial charge in [0.25, 0.3) is 0 Å². The third-order valence-corrected chi connectivity index (χ3v) is 12.3. The van der Waals surface area contributed by atoms with Crippen LogP contribution in [-0.2, 0) is 33.3 Å². The number of aliphatic hydroxyl groups excluding tert-OH is 9. The molecule has 0 saturated carbocycles. The number of aliphatic hydroxyl groups is 10. The van der Waals surface area contributed by atoms with Gasteiger partial charge in [0.15, 0.2) is 12.1 Å². The lowest BCUT2D eigenvalue weighted by molar-refractivity contribution is -0.304. The lowest BCUT2D eigenvalue weighted by Gasteiger charge is -2.46. The minimum atomic E-state index is -2.26. The van der Waals surface area contributed by atoms with Gasteiger partial charge in [-0.05, 0) is 32.6 Å². The molecule has 384 valence electrons. The average Bonchev–Trinajstić information content (AvgIpc) is 3.77. The van der Waals surface area contributed by atoms with E-state index in [0.29, 0.717) is 13.0 Å². The zero-order valence-corrected chi connectivity index (χ0v) is 39.0.